The molecule has 0 unspecified atom stereocenters. The molecule has 0 aliphatic carbocycles. The number of aromatic amines is 2. The molecule has 0 atom stereocenters. The molecule has 2 aliphatic heterocycles. The van der Waals surface area contributed by atoms with E-state index in [-0.39, 0.29) is 0 Å². The number of hydrogen-bond donors (Lipinski definition) is 2. The molecular weight excluding hydrogens is 1710 g/mol. The molecule has 0 saturated heterocycles. The van der Waals surface area contributed by atoms with Gasteiger partial charge in [-0.1, -0.05) is 155 Å². The van der Waals surface area contributed by atoms with E-state index >= 15 is 0 Å². The summed E-state index contributed by atoms with van der Waals surface area (Å²) in [5.41, 5.74) is 15.1. The average molecular weight is 1870 g/mol. The summed E-state index contributed by atoms with van der Waals surface area (Å²) >= 11 is 0. The zero-order valence-corrected chi connectivity index (χ0v) is 83.1. The Balaban J connectivity index is 1.02. The van der Waals surface area contributed by atoms with Gasteiger partial charge in [0.1, 0.15) is 22.6 Å². The predicted octanol–water partition coefficient (Wildman–Crippen LogP) is 22.5. The van der Waals surface area contributed by atoms with E-state index in [1.807, 2.05) is 0 Å². The van der Waals surface area contributed by atoms with Crippen molar-refractivity contribution < 1.29 is 75.8 Å². The van der Waals surface area contributed by atoms with Gasteiger partial charge in [-0.15, -0.1) is 0 Å². The second-order valence-electron chi connectivity index (χ2n) is 35.7. The van der Waals surface area contributed by atoms with Crippen molar-refractivity contribution >= 4 is 87.2 Å². The minimum atomic E-state index is 0.493. The lowest BCUT2D eigenvalue weighted by Crippen LogP contribution is -2.10. The molecule has 0 saturated carbocycles. The van der Waals surface area contributed by atoms with Crippen molar-refractivity contribution in [2.24, 2.45) is 0 Å². The molecule has 8 bridgehead atoms. The summed E-state index contributed by atoms with van der Waals surface area (Å²) in [4.78, 5) is 42.3. The molecule has 3 aromatic heterocycles. The maximum absolute atomic E-state index is 6.33. The van der Waals surface area contributed by atoms with Gasteiger partial charge in [-0.25, -0.2) is 29.9 Å². The van der Waals surface area contributed by atoms with Gasteiger partial charge in [0.05, 0.1) is 159 Å². The third-order valence-electron chi connectivity index (χ3n) is 25.2. The van der Waals surface area contributed by atoms with Crippen molar-refractivity contribution in [1.29, 1.82) is 0 Å². The Hall–Kier alpha value is -8.48. The topological polar surface area (TPSA) is 257 Å². The van der Waals surface area contributed by atoms with E-state index in [4.69, 9.17) is 106 Å². The summed E-state index contributed by atoms with van der Waals surface area (Å²) in [5.74, 6) is 1.97. The fourth-order valence-electron chi connectivity index (χ4n) is 17.2. The average Bonchev–Trinajstić information content (AvgIpc) is 1.58. The molecule has 24 nitrogen and oxygen atoms in total. The summed E-state index contributed by atoms with van der Waals surface area (Å²) in [6.07, 6.45) is 22.4. The number of H-pyrrole nitrogens is 2. The van der Waals surface area contributed by atoms with E-state index in [1.165, 1.54) is 44.5 Å². The number of nitrogens with zero attached hydrogens (tertiary/aromatic N) is 6. The zero-order valence-electron chi connectivity index (χ0n) is 83.1. The van der Waals surface area contributed by atoms with Crippen LogP contribution >= 0.6 is 0 Å². The van der Waals surface area contributed by atoms with E-state index in [0.717, 1.165) is 242 Å². The first-order chi connectivity index (χ1) is 67.2. The van der Waals surface area contributed by atoms with Crippen LogP contribution in [0.15, 0.2) is 97.1 Å². The highest BCUT2D eigenvalue weighted by atomic mass is 16.6. The number of nitrogens with one attached hydrogen (secondary N) is 2. The maximum atomic E-state index is 6.33. The van der Waals surface area contributed by atoms with Gasteiger partial charge in [0, 0.05) is 96.7 Å². The Morgan fingerprint density at radius 2 is 0.301 bits per heavy atom. The van der Waals surface area contributed by atoms with Gasteiger partial charge in [-0.2, -0.15) is 0 Å². The summed E-state index contributed by atoms with van der Waals surface area (Å²) in [5, 5.41) is 11.7. The Morgan fingerprint density at radius 3 is 0.449 bits per heavy atom. The summed E-state index contributed by atoms with van der Waals surface area (Å²) in [6, 6.07) is 36.7. The predicted molar refractivity (Wildman–Crippen MR) is 548 cm³/mol. The third kappa shape index (κ3) is 31.8. The van der Waals surface area contributed by atoms with Crippen LogP contribution in [0, 0.1) is 0 Å². The molecule has 0 spiro atoms. The van der Waals surface area contributed by atoms with Crippen molar-refractivity contribution in [3.63, 3.8) is 0 Å². The third-order valence-corrected chi connectivity index (χ3v) is 25.2. The van der Waals surface area contributed by atoms with Crippen LogP contribution in [0.5, 0.6) is 0 Å². The standard InChI is InChI=1S/C112H154N8O16/c1-9-17-33-121-49-57-129-41-25-81-65-89-73-97-98(74-90(89)66-82(81)26-42-130-58-50-122-34-18-10-2)106-113-105(97)117-107-99-75-91-67-83(27-43-131-59-51-123-35-19-11-3)84(28-44-132-60-52-124-36-20-12-4)68-92(91)76-100(99)109(114-107)119-111-103-79-95-71-87(31-47-135-63-55-127-39-23-15-7)88(32-48-136-64-56-128-40-24-16-8)72-96(95)80-104(103)112(116-111)120-110-102-78-94-70-86(30-46-134-62-54-126-38-22-14-6)85(29-45-133-61-53-125-37-21-13-5)69-93(94)77-101(102)108(115-110)118-106/h65-80H,9-64H2,1-8H3,(H2,113,114,115,116,117,118,119,120). The molecule has 0 radical (unpaired) electrons. The van der Waals surface area contributed by atoms with Gasteiger partial charge in [0.15, 0.2) is 23.3 Å². The summed E-state index contributed by atoms with van der Waals surface area (Å²) < 4.78 is 98.2. The van der Waals surface area contributed by atoms with Crippen molar-refractivity contribution in [3.05, 3.63) is 142 Å². The Labute approximate surface area is 806 Å². The first-order valence-electron chi connectivity index (χ1n) is 51.6. The van der Waals surface area contributed by atoms with Crippen molar-refractivity contribution in [2.45, 2.75) is 209 Å². The number of hydrogen-bond acceptors (Lipinski definition) is 22. The first kappa shape index (κ1) is 105. The highest BCUT2D eigenvalue weighted by molar-refractivity contribution is 6.13. The molecule has 5 heterocycles. The quantitative estimate of drug-likeness (QED) is 0.0336. The lowest BCUT2D eigenvalue weighted by molar-refractivity contribution is 0.0467. The molecule has 2 N–H and O–H groups in total. The Bertz CT molecular complexity index is 4980. The number of benzene rings is 8. The van der Waals surface area contributed by atoms with Gasteiger partial charge in [0.25, 0.3) is 0 Å². The van der Waals surface area contributed by atoms with Gasteiger partial charge in [-0.3, -0.25) is 0 Å². The van der Waals surface area contributed by atoms with E-state index in [2.05, 4.69) is 162 Å². The van der Waals surface area contributed by atoms with Crippen molar-refractivity contribution in [1.82, 2.24) is 39.9 Å². The normalized spacial score (nSPS) is 12.2. The van der Waals surface area contributed by atoms with Crippen LogP contribution in [0.4, 0.5) is 0 Å². The van der Waals surface area contributed by atoms with E-state index in [1.54, 1.807) is 0 Å². The van der Waals surface area contributed by atoms with Crippen LogP contribution in [0.25, 0.3) is 133 Å². The Kier molecular flexibility index (Phi) is 45.6. The highest BCUT2D eigenvalue weighted by Gasteiger charge is 2.27. The second kappa shape index (κ2) is 59.2. The van der Waals surface area contributed by atoms with E-state index in [0.29, 0.717) is 256 Å². The van der Waals surface area contributed by atoms with Gasteiger partial charge >= 0.3 is 0 Å². The van der Waals surface area contributed by atoms with Crippen LogP contribution in [-0.2, 0) is 127 Å². The van der Waals surface area contributed by atoms with Gasteiger partial charge in [0.2, 0.25) is 0 Å². The minimum Gasteiger partial charge on any atom is -0.379 e. The number of rotatable bonds is 72. The lowest BCUT2D eigenvalue weighted by Gasteiger charge is -2.14. The summed E-state index contributed by atoms with van der Waals surface area (Å²) in [7, 11) is 0. The van der Waals surface area contributed by atoms with Crippen molar-refractivity contribution in [3.8, 4) is 45.6 Å². The van der Waals surface area contributed by atoms with Crippen LogP contribution in [0.2, 0.25) is 0 Å². The van der Waals surface area contributed by atoms with Crippen LogP contribution < -0.4 is 0 Å². The monoisotopic (exact) mass is 1870 g/mol. The largest absolute Gasteiger partial charge is 0.379 e. The molecule has 0 fully saturated rings. The minimum absolute atomic E-state index is 0.493. The molecule has 0 amide bonds. The fraction of sp³-hybridized carbons (Fsp3) is 0.571. The molecule has 738 valence electrons. The summed E-state index contributed by atoms with van der Waals surface area (Å²) in [6.45, 7) is 36.0. The SMILES string of the molecule is CCCCOCCOCCc1cc2cc3c(cc2cc1CCOCCOCCCC)-c1nc-3nc2[nH]c(nc3nc(nc4[nH]c(n1)c1cc5cc(CCOCCOCCCC)c(CCOCCOCCCC)cc5cc41)-c1cc4cc(CCOCCOCCCC)c(CCOCCOCCCC)cc4cc1-3)c1cc3cc(CCOCCOCCCC)c(CCOCCOCCCC)cc3cc21. The molecule has 13 rings (SSSR count). The molecule has 8 aromatic carbocycles. The smallest absolute Gasteiger partial charge is 0.164 e. The van der Waals surface area contributed by atoms with Crippen LogP contribution in [0.3, 0.4) is 0 Å². The lowest BCUT2D eigenvalue weighted by atomic mass is 9.94. The number of fused-ring (bicyclic) bond motifs is 24. The van der Waals surface area contributed by atoms with Gasteiger partial charge in [-0.05, 0) is 239 Å². The van der Waals surface area contributed by atoms with Crippen LogP contribution in [0.1, 0.15) is 203 Å². The maximum Gasteiger partial charge on any atom is 0.164 e. The van der Waals surface area contributed by atoms with Crippen LogP contribution in [-0.4, -0.2) is 251 Å². The molecule has 136 heavy (non-hydrogen) atoms. The molecule has 2 aliphatic rings. The molecule has 11 aromatic rings. The molecular formula is C112H154N8O16. The number of unbranched alkanes of at least 4 members (excludes halogenated alkanes) is 8. The molecule has 24 heteroatoms. The first-order valence-corrected chi connectivity index (χ1v) is 51.6. The second-order valence-corrected chi connectivity index (χ2v) is 35.7. The number of ether oxygens (including phenoxy) is 16. The number of aromatic nitrogens is 8. The van der Waals surface area contributed by atoms with E-state index in [9.17, 15) is 0 Å². The van der Waals surface area contributed by atoms with E-state index < -0.39 is 0 Å². The fourth-order valence-corrected chi connectivity index (χ4v) is 17.2. The van der Waals surface area contributed by atoms with Gasteiger partial charge < -0.3 is 85.8 Å². The Morgan fingerprint density at radius 1 is 0.162 bits per heavy atom. The van der Waals surface area contributed by atoms with Crippen molar-refractivity contribution in [2.75, 3.05) is 211 Å². The zero-order chi connectivity index (χ0) is 94.4. The highest BCUT2D eigenvalue weighted by Crippen LogP contribution is 2.43.